The van der Waals surface area contributed by atoms with Crippen LogP contribution in [0.25, 0.3) is 0 Å². The Balaban J connectivity index is 2.82. The van der Waals surface area contributed by atoms with Gasteiger partial charge in [0.25, 0.3) is 0 Å². The second-order valence-corrected chi connectivity index (χ2v) is 4.63. The summed E-state index contributed by atoms with van der Waals surface area (Å²) >= 11 is 0. The van der Waals surface area contributed by atoms with Crippen molar-refractivity contribution >= 4 is 0 Å². The topological polar surface area (TPSA) is 60.2 Å². The molecule has 1 heterocycles. The van der Waals surface area contributed by atoms with E-state index < -0.39 is 0 Å². The average Bonchev–Trinajstić information content (AvgIpc) is 2.75. The van der Waals surface area contributed by atoms with Gasteiger partial charge < -0.3 is 14.6 Å². The zero-order valence-corrected chi connectivity index (χ0v) is 11.4. The van der Waals surface area contributed by atoms with E-state index >= 15 is 0 Å². The monoisotopic (exact) mass is 241 g/mol. The largest absolute Gasteiger partial charge is 0.373 e. The number of rotatable bonds is 7. The molecule has 0 aliphatic carbocycles. The molecule has 5 heteroatoms. The van der Waals surface area contributed by atoms with Crippen molar-refractivity contribution < 1.29 is 9.26 Å². The van der Waals surface area contributed by atoms with E-state index in [1.54, 1.807) is 7.11 Å². The summed E-state index contributed by atoms with van der Waals surface area (Å²) in [6, 6.07) is 0. The second-order valence-electron chi connectivity index (χ2n) is 4.63. The molecule has 0 saturated heterocycles. The minimum absolute atomic E-state index is 0.0741. The van der Waals surface area contributed by atoms with Crippen molar-refractivity contribution in [3.8, 4) is 0 Å². The Labute approximate surface area is 103 Å². The molecule has 1 aromatic rings. The molecule has 0 aliphatic rings. The van der Waals surface area contributed by atoms with E-state index in [4.69, 9.17) is 9.26 Å². The highest BCUT2D eigenvalue weighted by molar-refractivity contribution is 5.00. The molecule has 1 atom stereocenters. The molecule has 0 bridgehead atoms. The minimum Gasteiger partial charge on any atom is -0.373 e. The van der Waals surface area contributed by atoms with Gasteiger partial charge in [-0.15, -0.1) is 0 Å². The van der Waals surface area contributed by atoms with Crippen LogP contribution in [0.3, 0.4) is 0 Å². The SMILES string of the molecule is CCCC(OC)c1noc(C(C)(C)NCC)n1. The normalized spacial score (nSPS) is 13.9. The van der Waals surface area contributed by atoms with Crippen LogP contribution in [0.1, 0.15) is 58.4 Å². The number of nitrogens with zero attached hydrogens (tertiary/aromatic N) is 2. The Hall–Kier alpha value is -0.940. The third-order valence-electron chi connectivity index (χ3n) is 2.72. The van der Waals surface area contributed by atoms with E-state index in [2.05, 4.69) is 22.4 Å². The predicted molar refractivity (Wildman–Crippen MR) is 65.7 cm³/mol. The van der Waals surface area contributed by atoms with Gasteiger partial charge in [0, 0.05) is 7.11 Å². The molecule has 0 amide bonds. The molecule has 1 N–H and O–H groups in total. The molecule has 0 fully saturated rings. The van der Waals surface area contributed by atoms with E-state index in [1.807, 2.05) is 20.8 Å². The summed E-state index contributed by atoms with van der Waals surface area (Å²) in [4.78, 5) is 4.43. The summed E-state index contributed by atoms with van der Waals surface area (Å²) in [6.45, 7) is 9.06. The summed E-state index contributed by atoms with van der Waals surface area (Å²) in [5.41, 5.74) is -0.301. The van der Waals surface area contributed by atoms with Crippen molar-refractivity contribution in [1.29, 1.82) is 0 Å². The summed E-state index contributed by atoms with van der Waals surface area (Å²) in [5.74, 6) is 1.24. The number of aromatic nitrogens is 2. The molecule has 1 rings (SSSR count). The van der Waals surface area contributed by atoms with Crippen molar-refractivity contribution in [3.05, 3.63) is 11.7 Å². The summed E-state index contributed by atoms with van der Waals surface area (Å²) < 4.78 is 10.7. The summed E-state index contributed by atoms with van der Waals surface area (Å²) in [7, 11) is 1.67. The quantitative estimate of drug-likeness (QED) is 0.794. The molecule has 1 unspecified atom stereocenters. The molecule has 0 aliphatic heterocycles. The third kappa shape index (κ3) is 3.51. The zero-order chi connectivity index (χ0) is 12.9. The molecule has 0 saturated carbocycles. The van der Waals surface area contributed by atoms with Crippen molar-refractivity contribution in [2.24, 2.45) is 0 Å². The molecule has 98 valence electrons. The van der Waals surface area contributed by atoms with Gasteiger partial charge in [-0.3, -0.25) is 0 Å². The fraction of sp³-hybridized carbons (Fsp3) is 0.833. The Kier molecular flexibility index (Phi) is 5.08. The van der Waals surface area contributed by atoms with Crippen molar-refractivity contribution in [1.82, 2.24) is 15.5 Å². The summed E-state index contributed by atoms with van der Waals surface area (Å²) in [5, 5.41) is 7.31. The Bertz CT molecular complexity index is 336. The molecule has 0 spiro atoms. The Morgan fingerprint density at radius 3 is 2.65 bits per heavy atom. The smallest absolute Gasteiger partial charge is 0.246 e. The van der Waals surface area contributed by atoms with Gasteiger partial charge in [0.15, 0.2) is 0 Å². The lowest BCUT2D eigenvalue weighted by molar-refractivity contribution is 0.0854. The van der Waals surface area contributed by atoms with Gasteiger partial charge in [-0.1, -0.05) is 25.4 Å². The van der Waals surface area contributed by atoms with E-state index in [1.165, 1.54) is 0 Å². The molecular formula is C12H23N3O2. The van der Waals surface area contributed by atoms with Gasteiger partial charge in [0.1, 0.15) is 6.10 Å². The first-order valence-electron chi connectivity index (χ1n) is 6.17. The lowest BCUT2D eigenvalue weighted by Crippen LogP contribution is -2.36. The summed E-state index contributed by atoms with van der Waals surface area (Å²) in [6.07, 6.45) is 1.85. The molecule has 17 heavy (non-hydrogen) atoms. The highest BCUT2D eigenvalue weighted by atomic mass is 16.5. The van der Waals surface area contributed by atoms with Crippen molar-refractivity contribution in [2.45, 2.75) is 52.2 Å². The third-order valence-corrected chi connectivity index (χ3v) is 2.72. The maximum Gasteiger partial charge on any atom is 0.246 e. The minimum atomic E-state index is -0.301. The first-order valence-corrected chi connectivity index (χ1v) is 6.17. The van der Waals surface area contributed by atoms with Crippen LogP contribution in [0, 0.1) is 0 Å². The number of hydrogen-bond acceptors (Lipinski definition) is 5. The van der Waals surface area contributed by atoms with Crippen molar-refractivity contribution in [2.75, 3.05) is 13.7 Å². The van der Waals surface area contributed by atoms with Crippen LogP contribution < -0.4 is 5.32 Å². The van der Waals surface area contributed by atoms with E-state index in [0.717, 1.165) is 19.4 Å². The lowest BCUT2D eigenvalue weighted by atomic mass is 10.1. The highest BCUT2D eigenvalue weighted by Crippen LogP contribution is 2.23. The fourth-order valence-electron chi connectivity index (χ4n) is 1.75. The second kappa shape index (κ2) is 6.12. The van der Waals surface area contributed by atoms with Gasteiger partial charge in [-0.05, 0) is 26.8 Å². The van der Waals surface area contributed by atoms with Gasteiger partial charge in [-0.2, -0.15) is 4.98 Å². The molecule has 0 aromatic carbocycles. The van der Waals surface area contributed by atoms with Crippen LogP contribution in [0.5, 0.6) is 0 Å². The number of methoxy groups -OCH3 is 1. The Morgan fingerprint density at radius 1 is 1.41 bits per heavy atom. The lowest BCUT2D eigenvalue weighted by Gasteiger charge is -2.20. The predicted octanol–water partition coefficient (Wildman–Crippen LogP) is 2.40. The van der Waals surface area contributed by atoms with Crippen LogP contribution in [0.4, 0.5) is 0 Å². The first-order chi connectivity index (χ1) is 8.05. The van der Waals surface area contributed by atoms with Gasteiger partial charge >= 0.3 is 0 Å². The fourth-order valence-corrected chi connectivity index (χ4v) is 1.75. The van der Waals surface area contributed by atoms with Crippen LogP contribution >= 0.6 is 0 Å². The number of ether oxygens (including phenoxy) is 1. The van der Waals surface area contributed by atoms with E-state index in [9.17, 15) is 0 Å². The van der Waals surface area contributed by atoms with Crippen LogP contribution in [0.2, 0.25) is 0 Å². The van der Waals surface area contributed by atoms with Crippen molar-refractivity contribution in [3.63, 3.8) is 0 Å². The first kappa shape index (κ1) is 14.1. The molecular weight excluding hydrogens is 218 g/mol. The maximum absolute atomic E-state index is 5.36. The molecule has 1 aromatic heterocycles. The van der Waals surface area contributed by atoms with E-state index in [0.29, 0.717) is 11.7 Å². The molecule has 0 radical (unpaired) electrons. The standard InChI is InChI=1S/C12H23N3O2/c1-6-8-9(16-5)10-14-11(17-15-10)12(3,4)13-7-2/h9,13H,6-8H2,1-5H3. The average molecular weight is 241 g/mol. The zero-order valence-electron chi connectivity index (χ0n) is 11.4. The Morgan fingerprint density at radius 2 is 2.12 bits per heavy atom. The number of nitrogens with one attached hydrogen (secondary N) is 1. The van der Waals surface area contributed by atoms with E-state index in [-0.39, 0.29) is 11.6 Å². The van der Waals surface area contributed by atoms with Gasteiger partial charge in [0.2, 0.25) is 11.7 Å². The van der Waals surface area contributed by atoms with Crippen LogP contribution in [0.15, 0.2) is 4.52 Å². The van der Waals surface area contributed by atoms with Crippen LogP contribution in [-0.4, -0.2) is 23.8 Å². The number of hydrogen-bond donors (Lipinski definition) is 1. The van der Waals surface area contributed by atoms with Gasteiger partial charge in [0.05, 0.1) is 5.54 Å². The highest BCUT2D eigenvalue weighted by Gasteiger charge is 2.28. The molecule has 5 nitrogen and oxygen atoms in total. The maximum atomic E-state index is 5.36. The van der Waals surface area contributed by atoms with Gasteiger partial charge in [-0.25, -0.2) is 0 Å². The van der Waals surface area contributed by atoms with Crippen LogP contribution in [-0.2, 0) is 10.3 Å².